The lowest BCUT2D eigenvalue weighted by Crippen LogP contribution is -2.29. The van der Waals surface area contributed by atoms with Crippen molar-refractivity contribution < 1.29 is 4.74 Å². The summed E-state index contributed by atoms with van der Waals surface area (Å²) in [5.74, 6) is 0.996. The summed E-state index contributed by atoms with van der Waals surface area (Å²) >= 11 is 0. The van der Waals surface area contributed by atoms with Crippen LogP contribution >= 0.6 is 0 Å². The molecule has 1 atom stereocenters. The van der Waals surface area contributed by atoms with Crippen LogP contribution in [0.15, 0.2) is 24.3 Å². The summed E-state index contributed by atoms with van der Waals surface area (Å²) in [6.07, 6.45) is 1.24. The number of nitrogens with zero attached hydrogens (tertiary/aromatic N) is 1. The molecule has 0 bridgehead atoms. The van der Waals surface area contributed by atoms with E-state index in [4.69, 9.17) is 4.74 Å². The number of rotatable bonds is 4. The van der Waals surface area contributed by atoms with E-state index in [1.165, 1.54) is 18.5 Å². The SMILES string of the molecule is CNC1CCN(Cc2ccccc2OC)C1. The van der Waals surface area contributed by atoms with Crippen molar-refractivity contribution in [3.63, 3.8) is 0 Å². The fraction of sp³-hybridized carbons (Fsp3) is 0.538. The smallest absolute Gasteiger partial charge is 0.123 e. The molecular weight excluding hydrogens is 200 g/mol. The zero-order valence-electron chi connectivity index (χ0n) is 10.1. The molecule has 16 heavy (non-hydrogen) atoms. The molecule has 0 radical (unpaired) electrons. The molecule has 1 saturated heterocycles. The minimum atomic E-state index is 0.648. The molecule has 1 N–H and O–H groups in total. The topological polar surface area (TPSA) is 24.5 Å². The van der Waals surface area contributed by atoms with E-state index in [0.29, 0.717) is 6.04 Å². The number of hydrogen-bond donors (Lipinski definition) is 1. The van der Waals surface area contributed by atoms with E-state index in [1.807, 2.05) is 19.2 Å². The van der Waals surface area contributed by atoms with Gasteiger partial charge in [0, 0.05) is 31.2 Å². The molecule has 1 aliphatic rings. The third kappa shape index (κ3) is 2.54. The van der Waals surface area contributed by atoms with Crippen molar-refractivity contribution in [2.24, 2.45) is 0 Å². The van der Waals surface area contributed by atoms with Crippen molar-refractivity contribution in [2.75, 3.05) is 27.2 Å². The first kappa shape index (κ1) is 11.4. The van der Waals surface area contributed by atoms with E-state index < -0.39 is 0 Å². The maximum absolute atomic E-state index is 5.37. The van der Waals surface area contributed by atoms with Gasteiger partial charge in [-0.2, -0.15) is 0 Å². The van der Waals surface area contributed by atoms with Crippen LogP contribution in [0.5, 0.6) is 5.75 Å². The van der Waals surface area contributed by atoms with Crippen LogP contribution in [0.3, 0.4) is 0 Å². The van der Waals surface area contributed by atoms with E-state index in [1.54, 1.807) is 7.11 Å². The van der Waals surface area contributed by atoms with Gasteiger partial charge in [-0.1, -0.05) is 18.2 Å². The van der Waals surface area contributed by atoms with Gasteiger partial charge in [0.1, 0.15) is 5.75 Å². The normalized spacial score (nSPS) is 21.2. The number of likely N-dealkylation sites (tertiary alicyclic amines) is 1. The lowest BCUT2D eigenvalue weighted by atomic mass is 10.2. The minimum Gasteiger partial charge on any atom is -0.496 e. The first-order valence-corrected chi connectivity index (χ1v) is 5.85. The van der Waals surface area contributed by atoms with E-state index in [-0.39, 0.29) is 0 Å². The quantitative estimate of drug-likeness (QED) is 0.832. The molecule has 1 unspecified atom stereocenters. The van der Waals surface area contributed by atoms with Crippen LogP contribution in [0.4, 0.5) is 0 Å². The number of methoxy groups -OCH3 is 1. The van der Waals surface area contributed by atoms with Gasteiger partial charge in [0.25, 0.3) is 0 Å². The van der Waals surface area contributed by atoms with Crippen molar-refractivity contribution in [1.82, 2.24) is 10.2 Å². The monoisotopic (exact) mass is 220 g/mol. The zero-order valence-corrected chi connectivity index (χ0v) is 10.1. The Hall–Kier alpha value is -1.06. The highest BCUT2D eigenvalue weighted by atomic mass is 16.5. The molecule has 1 heterocycles. The highest BCUT2D eigenvalue weighted by molar-refractivity contribution is 5.33. The summed E-state index contributed by atoms with van der Waals surface area (Å²) in [4.78, 5) is 2.47. The van der Waals surface area contributed by atoms with Gasteiger partial charge in [-0.3, -0.25) is 4.90 Å². The third-order valence-corrected chi connectivity index (χ3v) is 3.27. The Morgan fingerprint density at radius 2 is 2.25 bits per heavy atom. The van der Waals surface area contributed by atoms with Crippen molar-refractivity contribution >= 4 is 0 Å². The zero-order chi connectivity index (χ0) is 11.4. The number of likely N-dealkylation sites (N-methyl/N-ethyl adjacent to an activating group) is 1. The summed E-state index contributed by atoms with van der Waals surface area (Å²) in [5, 5.41) is 3.34. The number of ether oxygens (including phenoxy) is 1. The van der Waals surface area contributed by atoms with Crippen LogP contribution in [0, 0.1) is 0 Å². The number of para-hydroxylation sites is 1. The molecular formula is C13H20N2O. The molecule has 0 spiro atoms. The average molecular weight is 220 g/mol. The van der Waals surface area contributed by atoms with Gasteiger partial charge in [-0.15, -0.1) is 0 Å². The largest absolute Gasteiger partial charge is 0.496 e. The molecule has 0 amide bonds. The second-order valence-electron chi connectivity index (χ2n) is 4.32. The van der Waals surface area contributed by atoms with Gasteiger partial charge >= 0.3 is 0 Å². The lowest BCUT2D eigenvalue weighted by molar-refractivity contribution is 0.313. The van der Waals surface area contributed by atoms with Gasteiger partial charge in [-0.05, 0) is 19.5 Å². The second kappa shape index (κ2) is 5.32. The Morgan fingerprint density at radius 1 is 1.44 bits per heavy atom. The van der Waals surface area contributed by atoms with Crippen LogP contribution in [0.25, 0.3) is 0 Å². The fourth-order valence-electron chi connectivity index (χ4n) is 2.29. The van der Waals surface area contributed by atoms with Gasteiger partial charge in [0.05, 0.1) is 7.11 Å². The molecule has 88 valence electrons. The fourth-order valence-corrected chi connectivity index (χ4v) is 2.29. The van der Waals surface area contributed by atoms with Crippen LogP contribution in [0.2, 0.25) is 0 Å². The molecule has 1 fully saturated rings. The lowest BCUT2D eigenvalue weighted by Gasteiger charge is -2.17. The van der Waals surface area contributed by atoms with Crippen molar-refractivity contribution in [2.45, 2.75) is 19.0 Å². The summed E-state index contributed by atoms with van der Waals surface area (Å²) in [7, 11) is 3.77. The Morgan fingerprint density at radius 3 is 2.94 bits per heavy atom. The van der Waals surface area contributed by atoms with Crippen LogP contribution < -0.4 is 10.1 Å². The van der Waals surface area contributed by atoms with Crippen LogP contribution in [-0.2, 0) is 6.54 Å². The van der Waals surface area contributed by atoms with Gasteiger partial charge in [0.15, 0.2) is 0 Å². The Bertz CT molecular complexity index is 340. The number of nitrogens with one attached hydrogen (secondary N) is 1. The Labute approximate surface area is 97.4 Å². The van der Waals surface area contributed by atoms with Gasteiger partial charge in [-0.25, -0.2) is 0 Å². The molecule has 0 aromatic heterocycles. The molecule has 1 aromatic carbocycles. The Balaban J connectivity index is 1.99. The average Bonchev–Trinajstić information content (AvgIpc) is 2.77. The van der Waals surface area contributed by atoms with E-state index in [2.05, 4.69) is 22.3 Å². The predicted octanol–water partition coefficient (Wildman–Crippen LogP) is 1.49. The molecule has 0 aliphatic carbocycles. The highest BCUT2D eigenvalue weighted by Crippen LogP contribution is 2.21. The highest BCUT2D eigenvalue weighted by Gasteiger charge is 2.21. The molecule has 0 saturated carbocycles. The second-order valence-corrected chi connectivity index (χ2v) is 4.32. The van der Waals surface area contributed by atoms with Crippen molar-refractivity contribution in [1.29, 1.82) is 0 Å². The molecule has 1 aliphatic heterocycles. The summed E-state index contributed by atoms with van der Waals surface area (Å²) < 4.78 is 5.37. The third-order valence-electron chi connectivity index (χ3n) is 3.27. The standard InChI is InChI=1S/C13H20N2O/c1-14-12-7-8-15(10-12)9-11-5-3-4-6-13(11)16-2/h3-6,12,14H,7-10H2,1-2H3. The molecule has 3 heteroatoms. The van der Waals surface area contributed by atoms with Gasteiger partial charge < -0.3 is 10.1 Å². The van der Waals surface area contributed by atoms with E-state index >= 15 is 0 Å². The molecule has 3 nitrogen and oxygen atoms in total. The molecule has 1 aromatic rings. The first-order valence-electron chi connectivity index (χ1n) is 5.85. The number of benzene rings is 1. The van der Waals surface area contributed by atoms with E-state index in [9.17, 15) is 0 Å². The molecule has 2 rings (SSSR count). The summed E-state index contributed by atoms with van der Waals surface area (Å²) in [6, 6.07) is 8.91. The Kier molecular flexibility index (Phi) is 3.80. The van der Waals surface area contributed by atoms with E-state index in [0.717, 1.165) is 18.8 Å². The maximum atomic E-state index is 5.37. The van der Waals surface area contributed by atoms with Crippen LogP contribution in [-0.4, -0.2) is 38.2 Å². The summed E-state index contributed by atoms with van der Waals surface area (Å²) in [5.41, 5.74) is 1.28. The minimum absolute atomic E-state index is 0.648. The maximum Gasteiger partial charge on any atom is 0.123 e. The van der Waals surface area contributed by atoms with Gasteiger partial charge in [0.2, 0.25) is 0 Å². The first-order chi connectivity index (χ1) is 7.83. The predicted molar refractivity (Wildman–Crippen MR) is 65.7 cm³/mol. The van der Waals surface area contributed by atoms with Crippen molar-refractivity contribution in [3.8, 4) is 5.75 Å². The number of hydrogen-bond acceptors (Lipinski definition) is 3. The summed E-state index contributed by atoms with van der Waals surface area (Å²) in [6.45, 7) is 3.29. The van der Waals surface area contributed by atoms with Crippen molar-refractivity contribution in [3.05, 3.63) is 29.8 Å². The van der Waals surface area contributed by atoms with Crippen LogP contribution in [0.1, 0.15) is 12.0 Å².